The van der Waals surface area contributed by atoms with Crippen LogP contribution in [0.5, 0.6) is 0 Å². The molecule has 2 nitrogen and oxygen atoms in total. The summed E-state index contributed by atoms with van der Waals surface area (Å²) in [7, 11) is 0. The molecular formula is C15H20F3NO. The number of rotatable bonds is 2. The van der Waals surface area contributed by atoms with Gasteiger partial charge in [0.05, 0.1) is 11.2 Å². The summed E-state index contributed by atoms with van der Waals surface area (Å²) in [6.45, 7) is 3.42. The van der Waals surface area contributed by atoms with E-state index < -0.39 is 17.3 Å². The average Bonchev–Trinajstić information content (AvgIpc) is 2.50. The Labute approximate surface area is 117 Å². The topological polar surface area (TPSA) is 23.5 Å². The predicted molar refractivity (Wildman–Crippen MR) is 71.2 cm³/mol. The standard InChI is InChI=1S/C15H20F3NO/c1-14(20)7-4-9-19(10-8-14)11-12-5-2-3-6-13(12)15(16,17)18/h2-3,5-6,20H,4,7-11H2,1H3. The second-order valence-corrected chi connectivity index (χ2v) is 5.78. The maximum Gasteiger partial charge on any atom is 0.416 e. The maximum atomic E-state index is 12.9. The summed E-state index contributed by atoms with van der Waals surface area (Å²) in [5.74, 6) is 0. The van der Waals surface area contributed by atoms with Gasteiger partial charge in [0, 0.05) is 13.1 Å². The highest BCUT2D eigenvalue weighted by atomic mass is 19.4. The minimum absolute atomic E-state index is 0.283. The first kappa shape index (κ1) is 15.3. The van der Waals surface area contributed by atoms with Crippen LogP contribution >= 0.6 is 0 Å². The molecule has 1 heterocycles. The van der Waals surface area contributed by atoms with E-state index >= 15 is 0 Å². The Bertz CT molecular complexity index is 457. The van der Waals surface area contributed by atoms with Crippen LogP contribution < -0.4 is 0 Å². The number of likely N-dealkylation sites (tertiary alicyclic amines) is 1. The number of alkyl halides is 3. The zero-order chi connectivity index (χ0) is 14.8. The summed E-state index contributed by atoms with van der Waals surface area (Å²) >= 11 is 0. The highest BCUT2D eigenvalue weighted by Crippen LogP contribution is 2.33. The van der Waals surface area contributed by atoms with E-state index in [2.05, 4.69) is 0 Å². The van der Waals surface area contributed by atoms with Crippen LogP contribution in [0.4, 0.5) is 13.2 Å². The Morgan fingerprint density at radius 1 is 1.20 bits per heavy atom. The smallest absolute Gasteiger partial charge is 0.390 e. The zero-order valence-corrected chi connectivity index (χ0v) is 11.6. The maximum absolute atomic E-state index is 12.9. The van der Waals surface area contributed by atoms with Crippen LogP contribution in [-0.4, -0.2) is 28.7 Å². The Hall–Kier alpha value is -1.07. The Morgan fingerprint density at radius 2 is 1.90 bits per heavy atom. The van der Waals surface area contributed by atoms with Gasteiger partial charge in [-0.05, 0) is 44.4 Å². The van der Waals surface area contributed by atoms with Crippen molar-refractivity contribution in [3.05, 3.63) is 35.4 Å². The van der Waals surface area contributed by atoms with Crippen molar-refractivity contribution < 1.29 is 18.3 Å². The van der Waals surface area contributed by atoms with Crippen molar-refractivity contribution in [1.29, 1.82) is 0 Å². The molecule has 1 N–H and O–H groups in total. The van der Waals surface area contributed by atoms with Gasteiger partial charge in [0.1, 0.15) is 0 Å². The summed E-state index contributed by atoms with van der Waals surface area (Å²) in [5, 5.41) is 10.0. The van der Waals surface area contributed by atoms with E-state index in [9.17, 15) is 18.3 Å². The van der Waals surface area contributed by atoms with E-state index in [1.165, 1.54) is 12.1 Å². The number of aliphatic hydroxyl groups is 1. The molecule has 1 saturated heterocycles. The van der Waals surface area contributed by atoms with Gasteiger partial charge in [-0.25, -0.2) is 0 Å². The van der Waals surface area contributed by atoms with Crippen LogP contribution in [0.2, 0.25) is 0 Å². The Balaban J connectivity index is 2.11. The first-order valence-electron chi connectivity index (χ1n) is 6.88. The van der Waals surface area contributed by atoms with Crippen LogP contribution in [-0.2, 0) is 12.7 Å². The third kappa shape index (κ3) is 3.96. The molecule has 1 unspecified atom stereocenters. The van der Waals surface area contributed by atoms with Crippen LogP contribution in [0.1, 0.15) is 37.3 Å². The lowest BCUT2D eigenvalue weighted by molar-refractivity contribution is -0.138. The van der Waals surface area contributed by atoms with Gasteiger partial charge in [0.25, 0.3) is 0 Å². The molecule has 0 aromatic heterocycles. The molecule has 0 aliphatic carbocycles. The molecule has 1 aromatic rings. The molecular weight excluding hydrogens is 267 g/mol. The summed E-state index contributed by atoms with van der Waals surface area (Å²) in [5.41, 5.74) is -0.948. The molecule has 112 valence electrons. The van der Waals surface area contributed by atoms with Crippen LogP contribution in [0.15, 0.2) is 24.3 Å². The van der Waals surface area contributed by atoms with E-state index in [0.717, 1.165) is 19.0 Å². The first-order chi connectivity index (χ1) is 9.28. The quantitative estimate of drug-likeness (QED) is 0.900. The number of nitrogens with zero attached hydrogens (tertiary/aromatic N) is 1. The van der Waals surface area contributed by atoms with Gasteiger partial charge in [-0.1, -0.05) is 18.2 Å². The monoisotopic (exact) mass is 287 g/mol. The third-order valence-electron chi connectivity index (χ3n) is 3.87. The van der Waals surface area contributed by atoms with Crippen molar-refractivity contribution in [1.82, 2.24) is 4.90 Å². The van der Waals surface area contributed by atoms with Crippen LogP contribution in [0, 0.1) is 0 Å². The predicted octanol–water partition coefficient (Wildman–Crippen LogP) is 3.44. The molecule has 0 radical (unpaired) electrons. The second kappa shape index (κ2) is 5.74. The number of benzene rings is 1. The molecule has 0 amide bonds. The van der Waals surface area contributed by atoms with Gasteiger partial charge in [-0.15, -0.1) is 0 Å². The molecule has 1 atom stereocenters. The van der Waals surface area contributed by atoms with Gasteiger partial charge in [0.15, 0.2) is 0 Å². The Kier molecular flexibility index (Phi) is 4.39. The second-order valence-electron chi connectivity index (χ2n) is 5.78. The Morgan fingerprint density at radius 3 is 2.60 bits per heavy atom. The molecule has 0 spiro atoms. The lowest BCUT2D eigenvalue weighted by Crippen LogP contribution is -2.28. The normalized spacial score (nSPS) is 25.4. The number of hydrogen-bond donors (Lipinski definition) is 1. The molecule has 0 bridgehead atoms. The van der Waals surface area contributed by atoms with Gasteiger partial charge in [0.2, 0.25) is 0 Å². The lowest BCUT2D eigenvalue weighted by Gasteiger charge is -2.23. The molecule has 1 aliphatic rings. The lowest BCUT2D eigenvalue weighted by atomic mass is 9.98. The van der Waals surface area contributed by atoms with Crippen molar-refractivity contribution in [3.63, 3.8) is 0 Å². The van der Waals surface area contributed by atoms with Crippen LogP contribution in [0.3, 0.4) is 0 Å². The molecule has 1 fully saturated rings. The third-order valence-corrected chi connectivity index (χ3v) is 3.87. The van der Waals surface area contributed by atoms with E-state index in [1.807, 2.05) is 4.90 Å². The molecule has 1 aromatic carbocycles. The molecule has 20 heavy (non-hydrogen) atoms. The van der Waals surface area contributed by atoms with E-state index in [4.69, 9.17) is 0 Å². The number of halogens is 3. The fraction of sp³-hybridized carbons (Fsp3) is 0.600. The summed E-state index contributed by atoms with van der Waals surface area (Å²) in [6, 6.07) is 5.72. The van der Waals surface area contributed by atoms with E-state index in [0.29, 0.717) is 24.9 Å². The number of hydrogen-bond acceptors (Lipinski definition) is 2. The largest absolute Gasteiger partial charge is 0.416 e. The minimum Gasteiger partial charge on any atom is -0.390 e. The van der Waals surface area contributed by atoms with Crippen molar-refractivity contribution >= 4 is 0 Å². The van der Waals surface area contributed by atoms with Crippen molar-refractivity contribution in [2.24, 2.45) is 0 Å². The van der Waals surface area contributed by atoms with E-state index in [1.54, 1.807) is 13.0 Å². The fourth-order valence-corrected chi connectivity index (χ4v) is 2.65. The van der Waals surface area contributed by atoms with Gasteiger partial charge in [-0.3, -0.25) is 4.90 Å². The highest BCUT2D eigenvalue weighted by Gasteiger charge is 2.33. The first-order valence-corrected chi connectivity index (χ1v) is 6.88. The summed E-state index contributed by atoms with van der Waals surface area (Å²) in [4.78, 5) is 1.99. The fourth-order valence-electron chi connectivity index (χ4n) is 2.65. The van der Waals surface area contributed by atoms with Crippen molar-refractivity contribution in [2.45, 2.75) is 44.5 Å². The van der Waals surface area contributed by atoms with Crippen molar-refractivity contribution in [3.8, 4) is 0 Å². The van der Waals surface area contributed by atoms with Gasteiger partial charge >= 0.3 is 6.18 Å². The zero-order valence-electron chi connectivity index (χ0n) is 11.6. The van der Waals surface area contributed by atoms with Gasteiger partial charge in [-0.2, -0.15) is 13.2 Å². The average molecular weight is 287 g/mol. The molecule has 1 aliphatic heterocycles. The highest BCUT2D eigenvalue weighted by molar-refractivity contribution is 5.29. The summed E-state index contributed by atoms with van der Waals surface area (Å²) in [6.07, 6.45) is -2.21. The SMILES string of the molecule is CC1(O)CCCN(Cc2ccccc2C(F)(F)F)CC1. The molecule has 5 heteroatoms. The molecule has 2 rings (SSSR count). The van der Waals surface area contributed by atoms with Crippen molar-refractivity contribution in [2.75, 3.05) is 13.1 Å². The minimum atomic E-state index is -4.31. The summed E-state index contributed by atoms with van der Waals surface area (Å²) < 4.78 is 38.8. The van der Waals surface area contributed by atoms with Crippen LogP contribution in [0.25, 0.3) is 0 Å². The van der Waals surface area contributed by atoms with Gasteiger partial charge < -0.3 is 5.11 Å². The molecule has 0 saturated carbocycles. The van der Waals surface area contributed by atoms with E-state index in [-0.39, 0.29) is 6.54 Å².